The van der Waals surface area contributed by atoms with E-state index in [2.05, 4.69) is 45.7 Å². The summed E-state index contributed by atoms with van der Waals surface area (Å²) in [6.45, 7) is 0. The maximum Gasteiger partial charge on any atom is 0.168 e. The van der Waals surface area contributed by atoms with Crippen molar-refractivity contribution in [3.8, 4) is 0 Å². The van der Waals surface area contributed by atoms with Crippen molar-refractivity contribution in [3.05, 3.63) is 83.9 Å². The van der Waals surface area contributed by atoms with E-state index in [1.165, 1.54) is 10.8 Å². The Hall–Kier alpha value is -3.61. The highest BCUT2D eigenvalue weighted by atomic mass is 16.1. The molecule has 3 aromatic carbocycles. The van der Waals surface area contributed by atoms with Crippen molar-refractivity contribution in [2.75, 3.05) is 0 Å². The summed E-state index contributed by atoms with van der Waals surface area (Å²) < 4.78 is 0. The van der Waals surface area contributed by atoms with Gasteiger partial charge in [0.05, 0.1) is 5.54 Å². The van der Waals surface area contributed by atoms with Gasteiger partial charge in [-0.3, -0.25) is 4.79 Å². The Kier molecular flexibility index (Phi) is 5.63. The molecular formula is C27H28N6O. The molecule has 2 saturated carbocycles. The highest BCUT2D eigenvalue weighted by molar-refractivity contribution is 5.95. The Balaban J connectivity index is 1.46. The normalized spacial score (nSPS) is 30.9. The Labute approximate surface area is 198 Å². The second kappa shape index (κ2) is 8.63. The van der Waals surface area contributed by atoms with Crippen molar-refractivity contribution in [1.82, 2.24) is 0 Å². The molecular weight excluding hydrogens is 424 g/mol. The number of benzene rings is 3. The van der Waals surface area contributed by atoms with Crippen LogP contribution in [0.15, 0.2) is 88.1 Å². The molecule has 5 rings (SSSR count). The summed E-state index contributed by atoms with van der Waals surface area (Å²) in [6, 6.07) is 22.8. The molecule has 7 heteroatoms. The lowest BCUT2D eigenvalue weighted by Crippen LogP contribution is -2.44. The first kappa shape index (κ1) is 22.2. The van der Waals surface area contributed by atoms with Crippen LogP contribution in [0.25, 0.3) is 10.8 Å². The third-order valence-electron chi connectivity index (χ3n) is 8.12. The van der Waals surface area contributed by atoms with E-state index in [1.54, 1.807) is 0 Å². The summed E-state index contributed by atoms with van der Waals surface area (Å²) in [7, 11) is 0. The smallest absolute Gasteiger partial charge is 0.168 e. The molecule has 3 atom stereocenters. The maximum atomic E-state index is 13.6. The summed E-state index contributed by atoms with van der Waals surface area (Å²) in [5.74, 6) is -0.371. The maximum absolute atomic E-state index is 13.6. The van der Waals surface area contributed by atoms with Crippen molar-refractivity contribution < 1.29 is 4.79 Å². The zero-order valence-corrected chi connectivity index (χ0v) is 18.9. The van der Waals surface area contributed by atoms with Gasteiger partial charge in [0, 0.05) is 11.3 Å². The molecule has 1 spiro atoms. The molecule has 0 heterocycles. The van der Waals surface area contributed by atoms with Crippen LogP contribution >= 0.6 is 0 Å². The number of rotatable bonds is 6. The van der Waals surface area contributed by atoms with Gasteiger partial charge in [-0.25, -0.2) is 16.6 Å². The average Bonchev–Trinajstić information content (AvgIpc) is 3.13. The molecule has 0 bridgehead atoms. The summed E-state index contributed by atoms with van der Waals surface area (Å²) in [5, 5.41) is 13.9. The van der Waals surface area contributed by atoms with Crippen LogP contribution in [0.4, 0.5) is 0 Å². The molecule has 0 aliphatic heterocycles. The predicted octanol–water partition coefficient (Wildman–Crippen LogP) is 6.88. The van der Waals surface area contributed by atoms with Crippen molar-refractivity contribution in [2.24, 2.45) is 20.8 Å². The van der Waals surface area contributed by atoms with Crippen molar-refractivity contribution >= 4 is 16.6 Å². The van der Waals surface area contributed by atoms with Crippen LogP contribution < -0.4 is 0 Å². The van der Waals surface area contributed by atoms with Crippen LogP contribution in [-0.4, -0.2) is 23.4 Å². The van der Waals surface area contributed by atoms with Crippen molar-refractivity contribution in [3.63, 3.8) is 0 Å². The van der Waals surface area contributed by atoms with Gasteiger partial charge in [0.1, 0.15) is 6.04 Å². The van der Waals surface area contributed by atoms with Crippen LogP contribution in [-0.2, 0) is 11.2 Å². The fraction of sp³-hybridized carbons (Fsp3) is 0.370. The Morgan fingerprint density at radius 3 is 2.12 bits per heavy atom. The quantitative estimate of drug-likeness (QED) is 0.346. The monoisotopic (exact) mass is 452 g/mol. The van der Waals surface area contributed by atoms with Gasteiger partial charge in [-0.2, -0.15) is 15.3 Å². The molecule has 0 aromatic heterocycles. The van der Waals surface area contributed by atoms with Gasteiger partial charge in [0.25, 0.3) is 0 Å². The minimum atomic E-state index is -0.913. The molecule has 7 nitrogen and oxygen atoms in total. The minimum Gasteiger partial charge on any atom is -0.296 e. The number of hydrogen-bond acceptors (Lipinski definition) is 7. The summed E-state index contributed by atoms with van der Waals surface area (Å²) in [6.07, 6.45) is 2.97. The molecule has 3 unspecified atom stereocenters. The molecule has 172 valence electrons. The first-order valence-electron chi connectivity index (χ1n) is 11.7. The Morgan fingerprint density at radius 1 is 0.794 bits per heavy atom. The van der Waals surface area contributed by atoms with E-state index in [4.69, 9.17) is 16.6 Å². The lowest BCUT2D eigenvalue weighted by Gasteiger charge is -2.44. The minimum absolute atomic E-state index is 0.0818. The number of carbonyl (C=O) groups excluding carboxylic acids is 1. The first-order chi connectivity index (χ1) is 16.6. The third kappa shape index (κ3) is 3.47. The fourth-order valence-electron chi connectivity index (χ4n) is 6.34. The van der Waals surface area contributed by atoms with E-state index < -0.39 is 23.0 Å². The zero-order chi connectivity index (χ0) is 23.8. The van der Waals surface area contributed by atoms with E-state index in [0.717, 1.165) is 11.1 Å². The van der Waals surface area contributed by atoms with E-state index in [0.29, 0.717) is 32.1 Å². The number of nitrogens with zero attached hydrogens (tertiary/aromatic N) is 3. The molecule has 34 heavy (non-hydrogen) atoms. The predicted molar refractivity (Wildman–Crippen MR) is 128 cm³/mol. The molecule has 3 N–H and O–H groups in total. The first-order valence-corrected chi connectivity index (χ1v) is 11.7. The molecule has 2 aliphatic carbocycles. The second-order valence-corrected chi connectivity index (χ2v) is 9.80. The van der Waals surface area contributed by atoms with E-state index in [1.807, 2.05) is 42.5 Å². The third-order valence-corrected chi connectivity index (χ3v) is 8.12. The topological polar surface area (TPSA) is 126 Å². The van der Waals surface area contributed by atoms with Gasteiger partial charge in [-0.1, -0.05) is 72.8 Å². The van der Waals surface area contributed by atoms with Gasteiger partial charge in [0.15, 0.2) is 11.8 Å². The van der Waals surface area contributed by atoms with Gasteiger partial charge in [0.2, 0.25) is 0 Å². The number of hydrogen-bond donors (Lipinski definition) is 3. The number of nitrogens with one attached hydrogen (secondary N) is 3. The SMILES string of the molecule is N=NC1C(=O)C2(CCC(Cc3ccc4ccccc4c3)(N=N)CC2)C(c2ccccc2)C1N=N. The highest BCUT2D eigenvalue weighted by Crippen LogP contribution is 2.59. The number of fused-ring (bicyclic) bond motifs is 1. The van der Waals surface area contributed by atoms with Gasteiger partial charge in [-0.15, -0.1) is 0 Å². The largest absolute Gasteiger partial charge is 0.296 e. The van der Waals surface area contributed by atoms with Crippen LogP contribution in [0.2, 0.25) is 0 Å². The van der Waals surface area contributed by atoms with E-state index in [-0.39, 0.29) is 11.7 Å². The number of carbonyl (C=O) groups is 1. The van der Waals surface area contributed by atoms with E-state index in [9.17, 15) is 4.79 Å². The number of ketones is 1. The second-order valence-electron chi connectivity index (χ2n) is 9.80. The number of Topliss-reactive ketones (excluding diaryl/α,β-unsaturated/α-hetero) is 1. The van der Waals surface area contributed by atoms with Crippen molar-refractivity contribution in [2.45, 2.75) is 55.6 Å². The zero-order valence-electron chi connectivity index (χ0n) is 18.9. The summed E-state index contributed by atoms with van der Waals surface area (Å²) >= 11 is 0. The molecule has 0 amide bonds. The van der Waals surface area contributed by atoms with Crippen LogP contribution in [0.3, 0.4) is 0 Å². The molecule has 0 saturated heterocycles. The standard InChI is InChI=1S/C27H28N6O/c28-31-23-22(20-7-2-1-3-8-20)27(25(34)24(23)32-29)14-12-26(33-30,13-15-27)17-18-10-11-19-6-4-5-9-21(19)16-18/h1-11,16,22-24,28-30H,12-15,17H2. The fourth-order valence-corrected chi connectivity index (χ4v) is 6.34. The lowest BCUT2D eigenvalue weighted by molar-refractivity contribution is -0.129. The van der Waals surface area contributed by atoms with Crippen LogP contribution in [0.1, 0.15) is 42.7 Å². The van der Waals surface area contributed by atoms with Crippen LogP contribution in [0, 0.1) is 22.0 Å². The molecule has 3 aromatic rings. The summed E-state index contributed by atoms with van der Waals surface area (Å²) in [4.78, 5) is 13.6. The Morgan fingerprint density at radius 2 is 1.47 bits per heavy atom. The molecule has 2 fully saturated rings. The average molecular weight is 453 g/mol. The van der Waals surface area contributed by atoms with Crippen molar-refractivity contribution in [1.29, 1.82) is 16.6 Å². The van der Waals surface area contributed by atoms with Gasteiger partial charge in [-0.05, 0) is 54.0 Å². The summed E-state index contributed by atoms with van der Waals surface area (Å²) in [5.41, 5.74) is 24.4. The van der Waals surface area contributed by atoms with Gasteiger partial charge < -0.3 is 0 Å². The molecule has 2 aliphatic rings. The lowest BCUT2D eigenvalue weighted by atomic mass is 9.60. The Bertz CT molecular complexity index is 1250. The highest BCUT2D eigenvalue weighted by Gasteiger charge is 2.63. The van der Waals surface area contributed by atoms with Crippen LogP contribution in [0.5, 0.6) is 0 Å². The van der Waals surface area contributed by atoms with Gasteiger partial charge >= 0.3 is 0 Å². The molecule has 0 radical (unpaired) electrons. The van der Waals surface area contributed by atoms with E-state index >= 15 is 0 Å².